The fraction of sp³-hybridized carbons (Fsp3) is 0. The molecule has 0 saturated heterocycles. The summed E-state index contributed by atoms with van der Waals surface area (Å²) < 4.78 is 48.3. The smallest absolute Gasteiger partial charge is 0.238 e. The van der Waals surface area contributed by atoms with Crippen molar-refractivity contribution >= 4 is 38.7 Å². The number of nitrogens with one attached hydrogen (secondary N) is 2. The Labute approximate surface area is 131 Å². The van der Waals surface area contributed by atoms with Crippen molar-refractivity contribution in [2.24, 2.45) is 5.14 Å². The molecule has 2 aromatic rings. The van der Waals surface area contributed by atoms with Crippen molar-refractivity contribution in [1.82, 2.24) is 0 Å². The number of nitrogens with two attached hydrogens (primary N) is 1. The van der Waals surface area contributed by atoms with Crippen LogP contribution in [0.3, 0.4) is 0 Å². The highest BCUT2D eigenvalue weighted by atomic mass is 32.2. The second-order valence-corrected chi connectivity index (χ2v) is 6.28. The van der Waals surface area contributed by atoms with Gasteiger partial charge in [0.2, 0.25) is 10.0 Å². The van der Waals surface area contributed by atoms with Gasteiger partial charge in [0.25, 0.3) is 0 Å². The molecule has 0 saturated carbocycles. The van der Waals surface area contributed by atoms with Crippen LogP contribution in [0.5, 0.6) is 0 Å². The van der Waals surface area contributed by atoms with Gasteiger partial charge in [-0.3, -0.25) is 0 Å². The van der Waals surface area contributed by atoms with E-state index in [4.69, 9.17) is 17.4 Å². The summed E-state index contributed by atoms with van der Waals surface area (Å²) in [5, 5.41) is 10.4. The maximum absolute atomic E-state index is 13.0. The number of benzene rings is 2. The molecular weight excluding hydrogens is 332 g/mol. The number of thiocarbonyl (C=S) groups is 1. The predicted molar refractivity (Wildman–Crippen MR) is 84.0 cm³/mol. The fourth-order valence-corrected chi connectivity index (χ4v) is 2.40. The van der Waals surface area contributed by atoms with E-state index in [0.717, 1.165) is 18.2 Å². The zero-order valence-electron chi connectivity index (χ0n) is 11.0. The summed E-state index contributed by atoms with van der Waals surface area (Å²) in [5.41, 5.74) is 0.637. The maximum atomic E-state index is 13.0. The van der Waals surface area contributed by atoms with E-state index in [1.165, 1.54) is 24.3 Å². The lowest BCUT2D eigenvalue weighted by Gasteiger charge is -2.11. The molecule has 0 aliphatic carbocycles. The van der Waals surface area contributed by atoms with E-state index in [1.54, 1.807) is 0 Å². The molecule has 0 amide bonds. The number of rotatable bonds is 3. The topological polar surface area (TPSA) is 84.2 Å². The third-order valence-electron chi connectivity index (χ3n) is 2.56. The van der Waals surface area contributed by atoms with E-state index in [9.17, 15) is 17.2 Å². The van der Waals surface area contributed by atoms with Crippen LogP contribution in [0.2, 0.25) is 0 Å². The van der Waals surface area contributed by atoms with Gasteiger partial charge in [-0.2, -0.15) is 0 Å². The van der Waals surface area contributed by atoms with E-state index < -0.39 is 21.7 Å². The van der Waals surface area contributed by atoms with Crippen LogP contribution in [0.25, 0.3) is 0 Å². The third kappa shape index (κ3) is 4.45. The van der Waals surface area contributed by atoms with Gasteiger partial charge in [0, 0.05) is 17.4 Å². The Morgan fingerprint density at radius 1 is 0.955 bits per heavy atom. The minimum atomic E-state index is -3.77. The Morgan fingerprint density at radius 2 is 1.45 bits per heavy atom. The number of primary sulfonamides is 1. The highest BCUT2D eigenvalue weighted by Gasteiger charge is 2.07. The number of sulfonamides is 1. The summed E-state index contributed by atoms with van der Waals surface area (Å²) >= 11 is 5.00. The van der Waals surface area contributed by atoms with Crippen molar-refractivity contribution in [1.29, 1.82) is 0 Å². The zero-order valence-corrected chi connectivity index (χ0v) is 12.6. The molecule has 0 bridgehead atoms. The van der Waals surface area contributed by atoms with Gasteiger partial charge in [-0.25, -0.2) is 22.3 Å². The zero-order chi connectivity index (χ0) is 16.3. The normalized spacial score (nSPS) is 11.0. The monoisotopic (exact) mass is 343 g/mol. The quantitative estimate of drug-likeness (QED) is 0.746. The van der Waals surface area contributed by atoms with Crippen molar-refractivity contribution < 1.29 is 17.2 Å². The van der Waals surface area contributed by atoms with E-state index in [-0.39, 0.29) is 15.7 Å². The first-order valence-corrected chi connectivity index (χ1v) is 7.86. The van der Waals surface area contributed by atoms with Crippen LogP contribution >= 0.6 is 12.2 Å². The van der Waals surface area contributed by atoms with Crippen LogP contribution in [-0.2, 0) is 10.0 Å². The highest BCUT2D eigenvalue weighted by molar-refractivity contribution is 7.89. The largest absolute Gasteiger partial charge is 0.332 e. The molecule has 0 radical (unpaired) electrons. The van der Waals surface area contributed by atoms with Gasteiger partial charge >= 0.3 is 0 Å². The Kier molecular flexibility index (Phi) is 4.69. The fourth-order valence-electron chi connectivity index (χ4n) is 1.65. The molecule has 22 heavy (non-hydrogen) atoms. The lowest BCUT2D eigenvalue weighted by atomic mass is 10.3. The molecule has 9 heteroatoms. The van der Waals surface area contributed by atoms with Gasteiger partial charge in [0.05, 0.1) is 4.90 Å². The molecule has 116 valence electrons. The van der Waals surface area contributed by atoms with Crippen molar-refractivity contribution in [3.05, 3.63) is 54.1 Å². The summed E-state index contributed by atoms with van der Waals surface area (Å²) in [4.78, 5) is -0.0378. The lowest BCUT2D eigenvalue weighted by molar-refractivity contribution is 0.584. The van der Waals surface area contributed by atoms with Gasteiger partial charge in [-0.05, 0) is 48.6 Å². The molecule has 4 N–H and O–H groups in total. The summed E-state index contributed by atoms with van der Waals surface area (Å²) in [5.74, 6) is -1.47. The van der Waals surface area contributed by atoms with Crippen LogP contribution in [0.4, 0.5) is 20.2 Å². The summed E-state index contributed by atoms with van der Waals surface area (Å²) in [6.45, 7) is 0. The van der Waals surface area contributed by atoms with Gasteiger partial charge in [-0.15, -0.1) is 0 Å². The Morgan fingerprint density at radius 3 is 1.95 bits per heavy atom. The first-order valence-electron chi connectivity index (χ1n) is 5.91. The number of hydrogen-bond donors (Lipinski definition) is 3. The van der Waals surface area contributed by atoms with Gasteiger partial charge in [0.1, 0.15) is 11.6 Å². The van der Waals surface area contributed by atoms with E-state index in [0.29, 0.717) is 5.69 Å². The van der Waals surface area contributed by atoms with Crippen LogP contribution in [0.15, 0.2) is 47.4 Å². The molecule has 0 aliphatic heterocycles. The van der Waals surface area contributed by atoms with Crippen molar-refractivity contribution in [3.8, 4) is 0 Å². The molecular formula is C13H11F2N3O2S2. The lowest BCUT2D eigenvalue weighted by Crippen LogP contribution is -2.19. The molecule has 0 atom stereocenters. The predicted octanol–water partition coefficient (Wildman–Crippen LogP) is 2.42. The Bertz CT molecular complexity index is 788. The standard InChI is InChI=1S/C13H11F2N3O2S2/c14-8-5-9(15)7-11(6-8)18-13(21)17-10-1-3-12(4-2-10)22(16,19)20/h1-7H,(H2,16,19,20)(H2,17,18,21). The molecule has 0 unspecified atom stereocenters. The molecule has 0 aromatic heterocycles. The summed E-state index contributed by atoms with van der Waals surface area (Å²) in [6, 6.07) is 8.44. The SMILES string of the molecule is NS(=O)(=O)c1ccc(NC(=S)Nc2cc(F)cc(F)c2)cc1. The molecule has 2 aromatic carbocycles. The number of hydrogen-bond acceptors (Lipinski definition) is 3. The molecule has 2 rings (SSSR count). The Hall–Kier alpha value is -2.10. The van der Waals surface area contributed by atoms with Crippen LogP contribution in [0.1, 0.15) is 0 Å². The van der Waals surface area contributed by atoms with Crippen LogP contribution < -0.4 is 15.8 Å². The molecule has 0 heterocycles. The summed E-state index contributed by atoms with van der Waals surface area (Å²) in [7, 11) is -3.77. The summed E-state index contributed by atoms with van der Waals surface area (Å²) in [6.07, 6.45) is 0. The second-order valence-electron chi connectivity index (χ2n) is 4.31. The number of halogens is 2. The van der Waals surface area contributed by atoms with Crippen LogP contribution in [0, 0.1) is 11.6 Å². The molecule has 5 nitrogen and oxygen atoms in total. The van der Waals surface area contributed by atoms with Gasteiger partial charge < -0.3 is 10.6 Å². The van der Waals surface area contributed by atoms with Gasteiger partial charge in [0.15, 0.2) is 5.11 Å². The molecule has 0 spiro atoms. The molecule has 0 fully saturated rings. The Balaban J connectivity index is 2.06. The minimum absolute atomic E-state index is 0.0378. The average Bonchev–Trinajstić information content (AvgIpc) is 2.36. The van der Waals surface area contributed by atoms with Crippen LogP contribution in [-0.4, -0.2) is 13.5 Å². The third-order valence-corrected chi connectivity index (χ3v) is 3.69. The van der Waals surface area contributed by atoms with Crippen molar-refractivity contribution in [2.75, 3.05) is 10.6 Å². The minimum Gasteiger partial charge on any atom is -0.332 e. The number of anilines is 2. The van der Waals surface area contributed by atoms with Gasteiger partial charge in [-0.1, -0.05) is 0 Å². The van der Waals surface area contributed by atoms with Crippen molar-refractivity contribution in [3.63, 3.8) is 0 Å². The highest BCUT2D eigenvalue weighted by Crippen LogP contribution is 2.15. The van der Waals surface area contributed by atoms with E-state index in [1.807, 2.05) is 0 Å². The second kappa shape index (κ2) is 6.34. The first-order chi connectivity index (χ1) is 10.2. The van der Waals surface area contributed by atoms with E-state index >= 15 is 0 Å². The first kappa shape index (κ1) is 16.3. The van der Waals surface area contributed by atoms with Crippen molar-refractivity contribution in [2.45, 2.75) is 4.90 Å². The molecule has 0 aliphatic rings. The van der Waals surface area contributed by atoms with E-state index in [2.05, 4.69) is 10.6 Å². The maximum Gasteiger partial charge on any atom is 0.238 e. The average molecular weight is 343 g/mol.